The van der Waals surface area contributed by atoms with Crippen LogP contribution < -0.4 is 0 Å². The maximum Gasteiger partial charge on any atom is 0.295 e. The molecule has 0 amide bonds. The fraction of sp³-hybridized carbons (Fsp3) is 0.538. The summed E-state index contributed by atoms with van der Waals surface area (Å²) in [6, 6.07) is 8.89. The van der Waals surface area contributed by atoms with E-state index < -0.39 is 34.5 Å². The molecular weight excluding hydrogens is 329 g/mol. The van der Waals surface area contributed by atoms with Crippen LogP contribution in [0, 0.1) is 0 Å². The van der Waals surface area contributed by atoms with Crippen molar-refractivity contribution >= 4 is 61.5 Å². The second-order valence-electron chi connectivity index (χ2n) is 4.79. The van der Waals surface area contributed by atoms with Gasteiger partial charge in [-0.25, -0.2) is 8.78 Å². The van der Waals surface area contributed by atoms with E-state index >= 15 is 0 Å². The van der Waals surface area contributed by atoms with E-state index in [1.807, 2.05) is 6.07 Å². The van der Waals surface area contributed by atoms with E-state index in [0.29, 0.717) is 12.8 Å². The van der Waals surface area contributed by atoms with E-state index in [2.05, 4.69) is 4.18 Å². The zero-order chi connectivity index (χ0) is 14.6. The van der Waals surface area contributed by atoms with Crippen molar-refractivity contribution in [1.29, 1.82) is 0 Å². The van der Waals surface area contributed by atoms with Gasteiger partial charge in [-0.1, -0.05) is 30.3 Å². The van der Waals surface area contributed by atoms with Crippen LogP contribution in [0.3, 0.4) is 0 Å². The van der Waals surface area contributed by atoms with Gasteiger partial charge >= 0.3 is 0 Å². The molecule has 1 aromatic carbocycles. The van der Waals surface area contributed by atoms with Gasteiger partial charge in [-0.2, -0.15) is 8.42 Å². The van der Waals surface area contributed by atoms with E-state index in [0.717, 1.165) is 5.56 Å². The van der Waals surface area contributed by atoms with Crippen molar-refractivity contribution in [2.24, 2.45) is 0 Å². The minimum atomic E-state index is -3.83. The molecule has 1 aromatic rings. The Morgan fingerprint density at radius 1 is 1.14 bits per heavy atom. The standard InChI is InChI=1S/C13H16F2O4S.K/c14-13(15,10-19-20(16,17)12-6-7-12)9-18-8-11-4-2-1-3-5-11;/h1-5,12H,6-10H2;. The van der Waals surface area contributed by atoms with Gasteiger partial charge in [0.1, 0.15) is 13.2 Å². The summed E-state index contributed by atoms with van der Waals surface area (Å²) in [5, 5.41) is -0.608. The molecule has 0 aliphatic heterocycles. The second-order valence-corrected chi connectivity index (χ2v) is 6.68. The Hall–Kier alpha value is 0.586. The molecule has 2 rings (SSSR count). The van der Waals surface area contributed by atoms with Crippen molar-refractivity contribution in [2.75, 3.05) is 13.2 Å². The minimum Gasteiger partial charge on any atom is -0.370 e. The van der Waals surface area contributed by atoms with Gasteiger partial charge < -0.3 is 4.74 Å². The fourth-order valence-corrected chi connectivity index (χ4v) is 2.80. The SMILES string of the molecule is O=S(=O)(OCC(F)(F)COCc1ccccc1)C1CC1.[K]. The largest absolute Gasteiger partial charge is 0.370 e. The molecule has 8 heteroatoms. The summed E-state index contributed by atoms with van der Waals surface area (Å²) in [4.78, 5) is 0. The van der Waals surface area contributed by atoms with Crippen molar-refractivity contribution in [3.05, 3.63) is 35.9 Å². The maximum atomic E-state index is 13.4. The molecule has 0 atom stereocenters. The van der Waals surface area contributed by atoms with E-state index in [4.69, 9.17) is 4.74 Å². The molecule has 4 nitrogen and oxygen atoms in total. The van der Waals surface area contributed by atoms with Crippen LogP contribution in [0.5, 0.6) is 0 Å². The van der Waals surface area contributed by atoms with Crippen LogP contribution >= 0.6 is 0 Å². The molecule has 1 aliphatic carbocycles. The first-order valence-electron chi connectivity index (χ1n) is 6.27. The molecule has 0 unspecified atom stereocenters. The van der Waals surface area contributed by atoms with Crippen LogP contribution in [0.25, 0.3) is 0 Å². The minimum absolute atomic E-state index is 0. The molecule has 1 saturated carbocycles. The molecule has 113 valence electrons. The Bertz CT molecular complexity index is 532. The van der Waals surface area contributed by atoms with Crippen molar-refractivity contribution in [2.45, 2.75) is 30.6 Å². The third-order valence-corrected chi connectivity index (χ3v) is 4.53. The van der Waals surface area contributed by atoms with Crippen molar-refractivity contribution < 1.29 is 26.1 Å². The number of halogens is 2. The second kappa shape index (κ2) is 8.44. The molecule has 0 saturated heterocycles. The van der Waals surface area contributed by atoms with Crippen LogP contribution in [-0.4, -0.2) is 84.2 Å². The van der Waals surface area contributed by atoms with Gasteiger partial charge in [0, 0.05) is 51.4 Å². The summed E-state index contributed by atoms with van der Waals surface area (Å²) in [7, 11) is -3.83. The quantitative estimate of drug-likeness (QED) is 0.534. The molecule has 1 radical (unpaired) electrons. The van der Waals surface area contributed by atoms with Crippen LogP contribution in [0.4, 0.5) is 8.78 Å². The van der Waals surface area contributed by atoms with Crippen molar-refractivity contribution in [1.82, 2.24) is 0 Å². The Kier molecular flexibility index (Phi) is 7.89. The van der Waals surface area contributed by atoms with E-state index in [1.165, 1.54) is 0 Å². The molecule has 0 bridgehead atoms. The average Bonchev–Trinajstić information content (AvgIpc) is 3.23. The topological polar surface area (TPSA) is 52.6 Å². The molecule has 21 heavy (non-hydrogen) atoms. The summed E-state index contributed by atoms with van der Waals surface area (Å²) >= 11 is 0. The molecular formula is C13H16F2KO4S. The maximum absolute atomic E-state index is 13.4. The molecule has 0 heterocycles. The normalized spacial score (nSPS) is 15.5. The number of alkyl halides is 2. The van der Waals surface area contributed by atoms with Gasteiger partial charge in [0.25, 0.3) is 16.0 Å². The monoisotopic (exact) mass is 345 g/mol. The van der Waals surface area contributed by atoms with E-state index in [1.54, 1.807) is 24.3 Å². The van der Waals surface area contributed by atoms with Gasteiger partial charge in [-0.05, 0) is 18.4 Å². The summed E-state index contributed by atoms with van der Waals surface area (Å²) in [6.07, 6.45) is 0.969. The predicted molar refractivity (Wildman–Crippen MR) is 74.7 cm³/mol. The third kappa shape index (κ3) is 7.13. The zero-order valence-corrected chi connectivity index (χ0v) is 15.7. The number of rotatable bonds is 8. The van der Waals surface area contributed by atoms with Gasteiger partial charge in [0.15, 0.2) is 0 Å². The first kappa shape index (κ1) is 19.6. The van der Waals surface area contributed by atoms with Crippen LogP contribution in [0.1, 0.15) is 18.4 Å². The Labute approximate surface area is 165 Å². The fourth-order valence-electron chi connectivity index (χ4n) is 1.56. The van der Waals surface area contributed by atoms with Gasteiger partial charge in [0.2, 0.25) is 0 Å². The van der Waals surface area contributed by atoms with Crippen molar-refractivity contribution in [3.8, 4) is 0 Å². The van der Waals surface area contributed by atoms with Crippen LogP contribution in [0.15, 0.2) is 30.3 Å². The number of hydrogen-bond acceptors (Lipinski definition) is 4. The van der Waals surface area contributed by atoms with E-state index in [9.17, 15) is 17.2 Å². The van der Waals surface area contributed by atoms with Gasteiger partial charge in [-0.15, -0.1) is 0 Å². The van der Waals surface area contributed by atoms with Gasteiger partial charge in [-0.3, -0.25) is 4.18 Å². The Morgan fingerprint density at radius 2 is 1.76 bits per heavy atom. The number of benzene rings is 1. The van der Waals surface area contributed by atoms with Gasteiger partial charge in [0.05, 0.1) is 11.9 Å². The molecule has 1 aliphatic rings. The third-order valence-electron chi connectivity index (χ3n) is 2.79. The molecule has 0 aromatic heterocycles. The zero-order valence-electron chi connectivity index (χ0n) is 11.8. The van der Waals surface area contributed by atoms with Crippen LogP contribution in [-0.2, 0) is 25.6 Å². The van der Waals surface area contributed by atoms with E-state index in [-0.39, 0.29) is 58.0 Å². The number of hydrogen-bond donors (Lipinski definition) is 0. The summed E-state index contributed by atoms with van der Waals surface area (Å²) in [5.41, 5.74) is 0.773. The summed E-state index contributed by atoms with van der Waals surface area (Å²) < 4.78 is 58.8. The Morgan fingerprint density at radius 3 is 2.33 bits per heavy atom. The number of ether oxygens (including phenoxy) is 1. The molecule has 0 spiro atoms. The molecule has 0 N–H and O–H groups in total. The summed E-state index contributed by atoms with van der Waals surface area (Å²) in [5.74, 6) is -3.32. The first-order valence-corrected chi connectivity index (χ1v) is 7.74. The average molecular weight is 345 g/mol. The summed E-state index contributed by atoms with van der Waals surface area (Å²) in [6.45, 7) is -1.99. The first-order chi connectivity index (χ1) is 9.39. The Balaban J connectivity index is 0.00000220. The smallest absolute Gasteiger partial charge is 0.295 e. The van der Waals surface area contributed by atoms with Crippen molar-refractivity contribution in [3.63, 3.8) is 0 Å². The molecule has 1 fully saturated rings. The predicted octanol–water partition coefficient (Wildman–Crippen LogP) is 1.97. The van der Waals surface area contributed by atoms with Crippen LogP contribution in [0.2, 0.25) is 0 Å².